The molecule has 0 aliphatic heterocycles. The third kappa shape index (κ3) is 9.88. The minimum Gasteiger partial charge on any atom is -0.382 e. The molecule has 1 unspecified atom stereocenters. The van der Waals surface area contributed by atoms with E-state index in [0.717, 1.165) is 32.4 Å². The van der Waals surface area contributed by atoms with Crippen molar-refractivity contribution in [3.8, 4) is 0 Å². The van der Waals surface area contributed by atoms with Crippen LogP contribution in [0.3, 0.4) is 0 Å². The molecule has 0 saturated carbocycles. The van der Waals surface area contributed by atoms with E-state index in [2.05, 4.69) is 32.3 Å². The van der Waals surface area contributed by atoms with E-state index < -0.39 is 0 Å². The number of ether oxygens (including phenoxy) is 2. The second kappa shape index (κ2) is 11.2. The van der Waals surface area contributed by atoms with Crippen molar-refractivity contribution in [1.29, 1.82) is 0 Å². The number of rotatable bonds is 13. The molecule has 0 saturated heterocycles. The third-order valence-electron chi connectivity index (χ3n) is 3.24. The van der Waals surface area contributed by atoms with Gasteiger partial charge in [-0.05, 0) is 31.6 Å². The molecule has 1 N–H and O–H groups in total. The molecular formula is C16H31NO2. The van der Waals surface area contributed by atoms with E-state index in [1.54, 1.807) is 7.11 Å². The quantitative estimate of drug-likeness (QED) is 0.411. The zero-order chi connectivity index (χ0) is 14.6. The normalized spacial score (nSPS) is 13.2. The van der Waals surface area contributed by atoms with Crippen LogP contribution in [0.25, 0.3) is 0 Å². The average molecular weight is 269 g/mol. The second-order valence-corrected chi connectivity index (χ2v) is 5.46. The van der Waals surface area contributed by atoms with Gasteiger partial charge in [0.05, 0.1) is 19.8 Å². The molecule has 0 radical (unpaired) electrons. The molecule has 0 aromatic carbocycles. The Labute approximate surface area is 119 Å². The minimum absolute atomic E-state index is 0.257. The molecule has 0 spiro atoms. The van der Waals surface area contributed by atoms with Crippen molar-refractivity contribution in [2.24, 2.45) is 5.41 Å². The molecule has 3 heteroatoms. The lowest BCUT2D eigenvalue weighted by Gasteiger charge is -2.30. The van der Waals surface area contributed by atoms with E-state index in [0.29, 0.717) is 19.3 Å². The van der Waals surface area contributed by atoms with Gasteiger partial charge in [0.1, 0.15) is 0 Å². The first-order valence-corrected chi connectivity index (χ1v) is 7.10. The molecule has 112 valence electrons. The highest BCUT2D eigenvalue weighted by Gasteiger charge is 2.23. The predicted octanol–water partition coefficient (Wildman–Crippen LogP) is 3.18. The summed E-state index contributed by atoms with van der Waals surface area (Å²) in [4.78, 5) is 0. The Balaban J connectivity index is 3.83. The van der Waals surface area contributed by atoms with Crippen molar-refractivity contribution in [3.05, 3.63) is 25.3 Å². The lowest BCUT2D eigenvalue weighted by Crippen LogP contribution is -2.34. The van der Waals surface area contributed by atoms with Crippen LogP contribution in [0.5, 0.6) is 0 Å². The fraction of sp³-hybridized carbons (Fsp3) is 0.750. The van der Waals surface area contributed by atoms with Crippen LogP contribution in [0.2, 0.25) is 0 Å². The maximum Gasteiger partial charge on any atom is 0.0700 e. The van der Waals surface area contributed by atoms with Gasteiger partial charge in [0.15, 0.2) is 0 Å². The lowest BCUT2D eigenvalue weighted by molar-refractivity contribution is 0.0705. The van der Waals surface area contributed by atoms with Crippen molar-refractivity contribution in [2.75, 3.05) is 33.5 Å². The summed E-state index contributed by atoms with van der Waals surface area (Å²) < 4.78 is 10.4. The molecule has 0 bridgehead atoms. The van der Waals surface area contributed by atoms with Gasteiger partial charge in [-0.15, -0.1) is 13.2 Å². The third-order valence-corrected chi connectivity index (χ3v) is 3.24. The molecule has 3 nitrogen and oxygen atoms in total. The standard InChI is InChI=1S/C16H31NO2/c1-6-8-16(4,9-7-2)14-15(3)17-10-11-19-13-12-18-5/h6-7,15,17H,1-2,8-14H2,3-5H3. The summed E-state index contributed by atoms with van der Waals surface area (Å²) in [6, 6.07) is 0.468. The van der Waals surface area contributed by atoms with Gasteiger partial charge in [-0.25, -0.2) is 0 Å². The van der Waals surface area contributed by atoms with Crippen LogP contribution in [0.4, 0.5) is 0 Å². The summed E-state index contributed by atoms with van der Waals surface area (Å²) in [6.45, 7) is 15.2. The van der Waals surface area contributed by atoms with Crippen LogP contribution in [0.15, 0.2) is 25.3 Å². The SMILES string of the molecule is C=CCC(C)(CC=C)CC(C)NCCOCCOC. The predicted molar refractivity (Wildman–Crippen MR) is 82.5 cm³/mol. The highest BCUT2D eigenvalue weighted by molar-refractivity contribution is 4.90. The van der Waals surface area contributed by atoms with E-state index >= 15 is 0 Å². The summed E-state index contributed by atoms with van der Waals surface area (Å²) >= 11 is 0. The van der Waals surface area contributed by atoms with Gasteiger partial charge in [0.2, 0.25) is 0 Å². The Morgan fingerprint density at radius 1 is 1.16 bits per heavy atom. The van der Waals surface area contributed by atoms with Gasteiger partial charge in [0, 0.05) is 19.7 Å². The molecule has 0 aliphatic rings. The highest BCUT2D eigenvalue weighted by Crippen LogP contribution is 2.32. The zero-order valence-corrected chi connectivity index (χ0v) is 12.9. The van der Waals surface area contributed by atoms with Gasteiger partial charge in [-0.3, -0.25) is 0 Å². The number of allylic oxidation sites excluding steroid dienone is 2. The first-order chi connectivity index (χ1) is 9.08. The van der Waals surface area contributed by atoms with E-state index in [9.17, 15) is 0 Å². The number of methoxy groups -OCH3 is 1. The lowest BCUT2D eigenvalue weighted by atomic mass is 9.78. The Morgan fingerprint density at radius 2 is 1.79 bits per heavy atom. The molecule has 0 heterocycles. The van der Waals surface area contributed by atoms with Gasteiger partial charge in [0.25, 0.3) is 0 Å². The van der Waals surface area contributed by atoms with Crippen LogP contribution in [-0.2, 0) is 9.47 Å². The van der Waals surface area contributed by atoms with Crippen molar-refractivity contribution in [1.82, 2.24) is 5.32 Å². The van der Waals surface area contributed by atoms with Crippen LogP contribution in [0.1, 0.15) is 33.1 Å². The van der Waals surface area contributed by atoms with Gasteiger partial charge >= 0.3 is 0 Å². The maximum atomic E-state index is 5.43. The Bertz CT molecular complexity index is 231. The van der Waals surface area contributed by atoms with Crippen molar-refractivity contribution in [2.45, 2.75) is 39.2 Å². The van der Waals surface area contributed by atoms with Crippen LogP contribution in [0, 0.1) is 5.41 Å². The first-order valence-electron chi connectivity index (χ1n) is 7.10. The minimum atomic E-state index is 0.257. The molecule has 0 aromatic rings. The Hall–Kier alpha value is -0.640. The van der Waals surface area contributed by atoms with Crippen molar-refractivity contribution >= 4 is 0 Å². The fourth-order valence-electron chi connectivity index (χ4n) is 2.38. The van der Waals surface area contributed by atoms with E-state index in [4.69, 9.17) is 9.47 Å². The van der Waals surface area contributed by atoms with Crippen molar-refractivity contribution < 1.29 is 9.47 Å². The molecule has 0 aliphatic carbocycles. The second-order valence-electron chi connectivity index (χ2n) is 5.46. The van der Waals surface area contributed by atoms with Gasteiger partial charge < -0.3 is 14.8 Å². The summed E-state index contributed by atoms with van der Waals surface area (Å²) in [6.07, 6.45) is 7.17. The smallest absolute Gasteiger partial charge is 0.0700 e. The Morgan fingerprint density at radius 3 is 2.32 bits per heavy atom. The van der Waals surface area contributed by atoms with Crippen LogP contribution < -0.4 is 5.32 Å². The largest absolute Gasteiger partial charge is 0.382 e. The molecule has 0 fully saturated rings. The van der Waals surface area contributed by atoms with E-state index in [-0.39, 0.29) is 5.41 Å². The molecule has 0 aromatic heterocycles. The molecule has 19 heavy (non-hydrogen) atoms. The number of hydrogen-bond acceptors (Lipinski definition) is 3. The first kappa shape index (κ1) is 18.4. The average Bonchev–Trinajstić information content (AvgIpc) is 2.33. The maximum absolute atomic E-state index is 5.43. The topological polar surface area (TPSA) is 30.5 Å². The van der Waals surface area contributed by atoms with Gasteiger partial charge in [-0.1, -0.05) is 19.1 Å². The zero-order valence-electron chi connectivity index (χ0n) is 12.9. The summed E-state index contributed by atoms with van der Waals surface area (Å²) in [7, 11) is 1.68. The van der Waals surface area contributed by atoms with Crippen LogP contribution in [-0.4, -0.2) is 39.5 Å². The number of hydrogen-bond donors (Lipinski definition) is 1. The van der Waals surface area contributed by atoms with Crippen LogP contribution >= 0.6 is 0 Å². The molecule has 0 amide bonds. The molecular weight excluding hydrogens is 238 g/mol. The Kier molecular flexibility index (Phi) is 10.8. The van der Waals surface area contributed by atoms with Crippen molar-refractivity contribution in [3.63, 3.8) is 0 Å². The highest BCUT2D eigenvalue weighted by atomic mass is 16.5. The monoisotopic (exact) mass is 269 g/mol. The summed E-state index contributed by atoms with van der Waals surface area (Å²) in [5, 5.41) is 3.50. The summed E-state index contributed by atoms with van der Waals surface area (Å²) in [5.74, 6) is 0. The molecule has 0 rings (SSSR count). The number of nitrogens with one attached hydrogen (secondary N) is 1. The fourth-order valence-corrected chi connectivity index (χ4v) is 2.38. The summed E-state index contributed by atoms with van der Waals surface area (Å²) in [5.41, 5.74) is 0.257. The van der Waals surface area contributed by atoms with E-state index in [1.807, 2.05) is 12.2 Å². The molecule has 1 atom stereocenters. The van der Waals surface area contributed by atoms with Gasteiger partial charge in [-0.2, -0.15) is 0 Å². The van der Waals surface area contributed by atoms with E-state index in [1.165, 1.54) is 0 Å².